The number of aromatic nitrogens is 3. The van der Waals surface area contributed by atoms with Gasteiger partial charge in [-0.3, -0.25) is 4.79 Å². The first-order chi connectivity index (χ1) is 19.1. The Bertz CT molecular complexity index is 1420. The molecule has 2 fully saturated rings. The van der Waals surface area contributed by atoms with E-state index in [9.17, 15) is 9.59 Å². The minimum Gasteiger partial charge on any atom is -0.444 e. The smallest absolute Gasteiger partial charge is 0.410 e. The van der Waals surface area contributed by atoms with Crippen LogP contribution in [0.3, 0.4) is 0 Å². The van der Waals surface area contributed by atoms with Gasteiger partial charge in [-0.2, -0.15) is 5.10 Å². The molecular formula is C29H33Cl2N5O4. The molecule has 0 spiro atoms. The Morgan fingerprint density at radius 1 is 1.02 bits per heavy atom. The quantitative estimate of drug-likeness (QED) is 0.334. The number of benzene rings is 1. The highest BCUT2D eigenvalue weighted by molar-refractivity contribution is 6.31. The molecule has 0 bridgehead atoms. The van der Waals surface area contributed by atoms with E-state index in [1.54, 1.807) is 20.5 Å². The summed E-state index contributed by atoms with van der Waals surface area (Å²) in [6.07, 6.45) is 5.92. The molecule has 1 atom stereocenters. The molecule has 11 heteroatoms. The number of amides is 2. The van der Waals surface area contributed by atoms with Crippen molar-refractivity contribution in [2.45, 2.75) is 51.9 Å². The molecule has 3 aromatic rings. The molecule has 0 saturated carbocycles. The number of carbonyl (C=O) groups is 2. The Labute approximate surface area is 243 Å². The van der Waals surface area contributed by atoms with Gasteiger partial charge in [-0.05, 0) is 69.9 Å². The van der Waals surface area contributed by atoms with Crippen LogP contribution in [0.2, 0.25) is 10.2 Å². The summed E-state index contributed by atoms with van der Waals surface area (Å²) in [5, 5.41) is 6.33. The minimum atomic E-state index is -0.582. The first-order valence-electron chi connectivity index (χ1n) is 13.5. The molecule has 40 heavy (non-hydrogen) atoms. The molecule has 2 aromatic heterocycles. The van der Waals surface area contributed by atoms with Gasteiger partial charge in [0, 0.05) is 37.8 Å². The molecule has 2 aliphatic rings. The lowest BCUT2D eigenvalue weighted by atomic mass is 10.1. The number of hydrogen-bond acceptors (Lipinski definition) is 6. The van der Waals surface area contributed by atoms with Gasteiger partial charge in [0.1, 0.15) is 10.8 Å². The van der Waals surface area contributed by atoms with Gasteiger partial charge in [0.25, 0.3) is 5.91 Å². The molecule has 1 unspecified atom stereocenters. The van der Waals surface area contributed by atoms with Crippen molar-refractivity contribution in [1.29, 1.82) is 0 Å². The third kappa shape index (κ3) is 6.43. The van der Waals surface area contributed by atoms with Crippen LogP contribution in [-0.4, -0.2) is 75.0 Å². The second-order valence-corrected chi connectivity index (χ2v) is 11.8. The molecule has 0 radical (unpaired) electrons. The van der Waals surface area contributed by atoms with E-state index < -0.39 is 5.60 Å². The highest BCUT2D eigenvalue weighted by atomic mass is 35.5. The predicted molar refractivity (Wildman–Crippen MR) is 155 cm³/mol. The van der Waals surface area contributed by atoms with Gasteiger partial charge in [0.2, 0.25) is 0 Å². The maximum atomic E-state index is 13.9. The first kappa shape index (κ1) is 28.4. The molecule has 4 heterocycles. The zero-order chi connectivity index (χ0) is 28.4. The van der Waals surface area contributed by atoms with Crippen LogP contribution in [0.25, 0.3) is 23.2 Å². The van der Waals surface area contributed by atoms with Gasteiger partial charge in [-0.25, -0.2) is 14.5 Å². The Morgan fingerprint density at radius 2 is 1.73 bits per heavy atom. The minimum absolute atomic E-state index is 0.191. The fourth-order valence-corrected chi connectivity index (χ4v) is 5.19. The number of pyridine rings is 1. The van der Waals surface area contributed by atoms with Crippen LogP contribution in [0.5, 0.6) is 0 Å². The number of rotatable bonds is 4. The highest BCUT2D eigenvalue weighted by Gasteiger charge is 2.31. The van der Waals surface area contributed by atoms with E-state index in [-0.39, 0.29) is 23.4 Å². The normalized spacial score (nSPS) is 18.5. The third-order valence-electron chi connectivity index (χ3n) is 6.84. The third-order valence-corrected chi connectivity index (χ3v) is 7.28. The fraction of sp³-hybridized carbons (Fsp3) is 0.448. The Kier molecular flexibility index (Phi) is 8.35. The molecule has 2 saturated heterocycles. The number of carbonyl (C=O) groups excluding carboxylic acids is 2. The van der Waals surface area contributed by atoms with Crippen molar-refractivity contribution in [2.24, 2.45) is 0 Å². The molecule has 1 aromatic carbocycles. The molecular weight excluding hydrogens is 553 g/mol. The van der Waals surface area contributed by atoms with Gasteiger partial charge < -0.3 is 19.3 Å². The van der Waals surface area contributed by atoms with Gasteiger partial charge in [0.15, 0.2) is 11.9 Å². The van der Waals surface area contributed by atoms with E-state index in [4.69, 9.17) is 37.8 Å². The molecule has 0 aliphatic carbocycles. The van der Waals surface area contributed by atoms with Crippen molar-refractivity contribution < 1.29 is 19.1 Å². The number of nitrogens with zero attached hydrogens (tertiary/aromatic N) is 5. The second-order valence-electron chi connectivity index (χ2n) is 11.0. The number of fused-ring (bicyclic) bond motifs is 1. The van der Waals surface area contributed by atoms with Crippen molar-refractivity contribution in [1.82, 2.24) is 24.6 Å². The van der Waals surface area contributed by atoms with E-state index in [1.807, 2.05) is 57.2 Å². The molecule has 9 nitrogen and oxygen atoms in total. The van der Waals surface area contributed by atoms with Crippen LogP contribution < -0.4 is 0 Å². The largest absolute Gasteiger partial charge is 0.444 e. The lowest BCUT2D eigenvalue weighted by Gasteiger charge is -2.35. The molecule has 2 amide bonds. The van der Waals surface area contributed by atoms with Crippen LogP contribution in [0.4, 0.5) is 4.79 Å². The summed E-state index contributed by atoms with van der Waals surface area (Å²) in [4.78, 5) is 34.4. The maximum absolute atomic E-state index is 13.9. The highest BCUT2D eigenvalue weighted by Crippen LogP contribution is 2.32. The Hall–Kier alpha value is -3.14. The van der Waals surface area contributed by atoms with Crippen molar-refractivity contribution in [2.75, 3.05) is 32.8 Å². The number of piperazine rings is 1. The van der Waals surface area contributed by atoms with Crippen LogP contribution in [0.1, 0.15) is 67.9 Å². The lowest BCUT2D eigenvalue weighted by Crippen LogP contribution is -2.51. The van der Waals surface area contributed by atoms with Crippen molar-refractivity contribution in [3.8, 4) is 0 Å². The van der Waals surface area contributed by atoms with E-state index in [0.717, 1.165) is 24.8 Å². The summed E-state index contributed by atoms with van der Waals surface area (Å²) in [7, 11) is 0. The molecule has 0 N–H and O–H groups in total. The van der Waals surface area contributed by atoms with Gasteiger partial charge in [-0.1, -0.05) is 41.4 Å². The van der Waals surface area contributed by atoms with Crippen LogP contribution in [0, 0.1) is 0 Å². The standard InChI is InChI=1S/C29H33Cl2N5O4/c1-29(2,3)40-28(38)35-15-13-34(14-16-35)27(37)21-18-23(31)32-26-25(21)22(12-9-19-7-10-20(30)11-8-19)33-36(26)24-6-4-5-17-39-24/h7-12,18,24H,4-6,13-17H2,1-3H3. The second kappa shape index (κ2) is 11.8. The zero-order valence-electron chi connectivity index (χ0n) is 22.9. The van der Waals surface area contributed by atoms with Crippen molar-refractivity contribution >= 4 is 58.4 Å². The average molecular weight is 587 g/mol. The van der Waals surface area contributed by atoms with Crippen LogP contribution in [-0.2, 0) is 9.47 Å². The Morgan fingerprint density at radius 3 is 2.38 bits per heavy atom. The maximum Gasteiger partial charge on any atom is 0.410 e. The SMILES string of the molecule is CC(C)(C)OC(=O)N1CCN(C(=O)c2cc(Cl)nc3c2c(C=Cc2ccc(Cl)cc2)nn3C2CCCCO2)CC1. The monoisotopic (exact) mass is 585 g/mol. The van der Waals surface area contributed by atoms with Gasteiger partial charge >= 0.3 is 6.09 Å². The van der Waals surface area contributed by atoms with E-state index in [1.165, 1.54) is 0 Å². The first-order valence-corrected chi connectivity index (χ1v) is 14.3. The summed E-state index contributed by atoms with van der Waals surface area (Å²) in [6, 6.07) is 9.06. The molecule has 2 aliphatic heterocycles. The predicted octanol–water partition coefficient (Wildman–Crippen LogP) is 6.30. The van der Waals surface area contributed by atoms with Crippen LogP contribution >= 0.6 is 23.2 Å². The van der Waals surface area contributed by atoms with E-state index >= 15 is 0 Å². The summed E-state index contributed by atoms with van der Waals surface area (Å²) < 4.78 is 13.3. The fourth-order valence-electron chi connectivity index (χ4n) is 4.87. The lowest BCUT2D eigenvalue weighted by molar-refractivity contribution is -0.0370. The van der Waals surface area contributed by atoms with E-state index in [2.05, 4.69) is 4.98 Å². The zero-order valence-corrected chi connectivity index (χ0v) is 24.4. The number of halogens is 2. The number of ether oxygens (including phenoxy) is 2. The van der Waals surface area contributed by atoms with Crippen molar-refractivity contribution in [3.05, 3.63) is 57.3 Å². The summed E-state index contributed by atoms with van der Waals surface area (Å²) in [5.41, 5.74) is 1.87. The van der Waals surface area contributed by atoms with E-state index in [0.29, 0.717) is 60.1 Å². The molecule has 212 valence electrons. The van der Waals surface area contributed by atoms with Crippen LogP contribution in [0.15, 0.2) is 30.3 Å². The Balaban J connectivity index is 1.48. The van der Waals surface area contributed by atoms with Crippen molar-refractivity contribution in [3.63, 3.8) is 0 Å². The molecule has 5 rings (SSSR count). The summed E-state index contributed by atoms with van der Waals surface area (Å²) in [5.74, 6) is -0.191. The summed E-state index contributed by atoms with van der Waals surface area (Å²) in [6.45, 7) is 7.63. The topological polar surface area (TPSA) is 89.8 Å². The van der Waals surface area contributed by atoms with Gasteiger partial charge in [0.05, 0.1) is 16.6 Å². The average Bonchev–Trinajstić information content (AvgIpc) is 3.29. The number of hydrogen-bond donors (Lipinski definition) is 0. The summed E-state index contributed by atoms with van der Waals surface area (Å²) >= 11 is 12.5. The van der Waals surface area contributed by atoms with Gasteiger partial charge in [-0.15, -0.1) is 0 Å².